The lowest BCUT2D eigenvalue weighted by Crippen LogP contribution is -2.11. The van der Waals surface area contributed by atoms with Crippen molar-refractivity contribution in [2.75, 3.05) is 6.54 Å². The van der Waals surface area contributed by atoms with E-state index < -0.39 is 0 Å². The number of unbranched alkanes of at least 4 members (excludes halogenated alkanes) is 4. The molecule has 0 aliphatic carbocycles. The summed E-state index contributed by atoms with van der Waals surface area (Å²) in [7, 11) is 0. The second kappa shape index (κ2) is 9.26. The molecular weight excluding hydrogens is 268 g/mol. The SMILES string of the molecule is C[C@H](NC=CCCCCCCN)c1cccc2ccccc12. The summed E-state index contributed by atoms with van der Waals surface area (Å²) in [5.41, 5.74) is 6.85. The smallest absolute Gasteiger partial charge is 0.0486 e. The van der Waals surface area contributed by atoms with Crippen molar-refractivity contribution in [3.63, 3.8) is 0 Å². The van der Waals surface area contributed by atoms with Gasteiger partial charge in [0.1, 0.15) is 0 Å². The summed E-state index contributed by atoms with van der Waals surface area (Å²) in [6.45, 7) is 3.04. The molecule has 2 aromatic carbocycles. The Bertz CT molecular complexity index is 584. The van der Waals surface area contributed by atoms with Gasteiger partial charge < -0.3 is 11.1 Å². The maximum absolute atomic E-state index is 5.49. The van der Waals surface area contributed by atoms with E-state index in [4.69, 9.17) is 5.73 Å². The average Bonchev–Trinajstić information content (AvgIpc) is 2.56. The number of hydrogen-bond donors (Lipinski definition) is 2. The first-order valence-electron chi connectivity index (χ1n) is 8.41. The van der Waals surface area contributed by atoms with Crippen LogP contribution in [-0.4, -0.2) is 6.54 Å². The van der Waals surface area contributed by atoms with Gasteiger partial charge in [0.25, 0.3) is 0 Å². The third-order valence-electron chi connectivity index (χ3n) is 4.08. The van der Waals surface area contributed by atoms with Crippen molar-refractivity contribution in [1.29, 1.82) is 0 Å². The van der Waals surface area contributed by atoms with Crippen LogP contribution in [0, 0.1) is 0 Å². The minimum absolute atomic E-state index is 0.319. The molecule has 2 nitrogen and oxygen atoms in total. The molecule has 0 saturated carbocycles. The summed E-state index contributed by atoms with van der Waals surface area (Å²) in [5, 5.41) is 6.13. The second-order valence-corrected chi connectivity index (χ2v) is 5.85. The summed E-state index contributed by atoms with van der Waals surface area (Å²) in [5.74, 6) is 0. The Morgan fingerprint density at radius 2 is 1.77 bits per heavy atom. The Morgan fingerprint density at radius 3 is 2.64 bits per heavy atom. The summed E-state index contributed by atoms with van der Waals surface area (Å²) >= 11 is 0. The molecule has 2 rings (SSSR count). The Balaban J connectivity index is 1.82. The van der Waals surface area contributed by atoms with Crippen LogP contribution in [0.1, 0.15) is 50.6 Å². The average molecular weight is 296 g/mol. The maximum atomic E-state index is 5.49. The molecule has 0 unspecified atom stereocenters. The van der Waals surface area contributed by atoms with E-state index in [2.05, 4.69) is 67.0 Å². The van der Waals surface area contributed by atoms with Crippen molar-refractivity contribution in [2.24, 2.45) is 5.73 Å². The monoisotopic (exact) mass is 296 g/mol. The molecular formula is C20H28N2. The van der Waals surface area contributed by atoms with E-state index in [0.29, 0.717) is 6.04 Å². The highest BCUT2D eigenvalue weighted by molar-refractivity contribution is 5.86. The van der Waals surface area contributed by atoms with Gasteiger partial charge in [-0.25, -0.2) is 0 Å². The fourth-order valence-corrected chi connectivity index (χ4v) is 2.77. The zero-order chi connectivity index (χ0) is 15.6. The summed E-state index contributed by atoms with van der Waals surface area (Å²) in [6, 6.07) is 15.4. The molecule has 22 heavy (non-hydrogen) atoms. The molecule has 0 aromatic heterocycles. The van der Waals surface area contributed by atoms with Crippen LogP contribution in [0.25, 0.3) is 10.8 Å². The lowest BCUT2D eigenvalue weighted by Gasteiger charge is -2.15. The van der Waals surface area contributed by atoms with Gasteiger partial charge in [-0.05, 0) is 55.3 Å². The topological polar surface area (TPSA) is 38.0 Å². The molecule has 0 radical (unpaired) electrons. The highest BCUT2D eigenvalue weighted by Gasteiger charge is 2.06. The fraction of sp³-hybridized carbons (Fsp3) is 0.400. The third kappa shape index (κ3) is 4.88. The Morgan fingerprint density at radius 1 is 1.00 bits per heavy atom. The van der Waals surface area contributed by atoms with Gasteiger partial charge in [-0.1, -0.05) is 61.4 Å². The zero-order valence-electron chi connectivity index (χ0n) is 13.6. The molecule has 2 aromatic rings. The molecule has 2 heteroatoms. The van der Waals surface area contributed by atoms with Gasteiger partial charge in [0.2, 0.25) is 0 Å². The summed E-state index contributed by atoms with van der Waals surface area (Å²) in [6.07, 6.45) is 10.4. The third-order valence-corrected chi connectivity index (χ3v) is 4.08. The van der Waals surface area contributed by atoms with Crippen molar-refractivity contribution in [2.45, 2.75) is 45.1 Å². The first-order chi connectivity index (χ1) is 10.8. The Labute approximate surface area is 134 Å². The van der Waals surface area contributed by atoms with Crippen LogP contribution >= 0.6 is 0 Å². The highest BCUT2D eigenvalue weighted by Crippen LogP contribution is 2.23. The lowest BCUT2D eigenvalue weighted by molar-refractivity contribution is 0.648. The van der Waals surface area contributed by atoms with E-state index in [1.54, 1.807) is 0 Å². The van der Waals surface area contributed by atoms with E-state index in [1.165, 1.54) is 35.6 Å². The van der Waals surface area contributed by atoms with Gasteiger partial charge >= 0.3 is 0 Å². The molecule has 0 aliphatic rings. The van der Waals surface area contributed by atoms with Crippen LogP contribution in [0.4, 0.5) is 0 Å². The largest absolute Gasteiger partial charge is 0.385 e. The van der Waals surface area contributed by atoms with Crippen molar-refractivity contribution in [3.8, 4) is 0 Å². The Hall–Kier alpha value is -1.80. The summed E-state index contributed by atoms with van der Waals surface area (Å²) < 4.78 is 0. The van der Waals surface area contributed by atoms with E-state index in [0.717, 1.165) is 19.4 Å². The predicted octanol–water partition coefficient (Wildman–Crippen LogP) is 4.91. The van der Waals surface area contributed by atoms with Gasteiger partial charge in [0.15, 0.2) is 0 Å². The van der Waals surface area contributed by atoms with E-state index >= 15 is 0 Å². The molecule has 0 aliphatic heterocycles. The highest BCUT2D eigenvalue weighted by atomic mass is 14.9. The van der Waals surface area contributed by atoms with E-state index in [-0.39, 0.29) is 0 Å². The van der Waals surface area contributed by atoms with Crippen molar-refractivity contribution >= 4 is 10.8 Å². The van der Waals surface area contributed by atoms with Gasteiger partial charge in [-0.3, -0.25) is 0 Å². The first-order valence-corrected chi connectivity index (χ1v) is 8.41. The minimum atomic E-state index is 0.319. The first kappa shape index (κ1) is 16.6. The van der Waals surface area contributed by atoms with Crippen LogP contribution in [0.2, 0.25) is 0 Å². The van der Waals surface area contributed by atoms with Crippen LogP contribution < -0.4 is 11.1 Å². The maximum Gasteiger partial charge on any atom is 0.0486 e. The molecule has 0 fully saturated rings. The zero-order valence-corrected chi connectivity index (χ0v) is 13.6. The standard InChI is InChI=1S/C20H28N2/c1-17(22-16-9-5-3-2-4-8-15-21)19-14-10-12-18-11-6-7-13-20(18)19/h6-7,9-14,16-17,22H,2-5,8,15,21H2,1H3/t17-/m0/s1. The van der Waals surface area contributed by atoms with Crippen LogP contribution in [0.15, 0.2) is 54.7 Å². The van der Waals surface area contributed by atoms with Gasteiger partial charge in [0, 0.05) is 6.04 Å². The molecule has 3 N–H and O–H groups in total. The Kier molecular flexibility index (Phi) is 6.98. The number of benzene rings is 2. The quantitative estimate of drug-likeness (QED) is 0.645. The van der Waals surface area contributed by atoms with Crippen LogP contribution in [-0.2, 0) is 0 Å². The lowest BCUT2D eigenvalue weighted by atomic mass is 10.00. The van der Waals surface area contributed by atoms with Crippen LogP contribution in [0.5, 0.6) is 0 Å². The normalized spacial score (nSPS) is 12.8. The molecule has 0 bridgehead atoms. The number of rotatable bonds is 9. The summed E-state index contributed by atoms with van der Waals surface area (Å²) in [4.78, 5) is 0. The van der Waals surface area contributed by atoms with E-state index in [1.807, 2.05) is 0 Å². The van der Waals surface area contributed by atoms with Gasteiger partial charge in [0.05, 0.1) is 0 Å². The molecule has 1 atom stereocenters. The number of hydrogen-bond acceptors (Lipinski definition) is 2. The fourth-order valence-electron chi connectivity index (χ4n) is 2.77. The molecule has 0 heterocycles. The number of nitrogens with one attached hydrogen (secondary N) is 1. The number of allylic oxidation sites excluding steroid dienone is 1. The van der Waals surface area contributed by atoms with Gasteiger partial charge in [-0.15, -0.1) is 0 Å². The van der Waals surface area contributed by atoms with Crippen molar-refractivity contribution in [3.05, 3.63) is 60.3 Å². The van der Waals surface area contributed by atoms with Crippen LogP contribution in [0.3, 0.4) is 0 Å². The van der Waals surface area contributed by atoms with Gasteiger partial charge in [-0.2, -0.15) is 0 Å². The molecule has 0 spiro atoms. The minimum Gasteiger partial charge on any atom is -0.385 e. The molecule has 0 saturated heterocycles. The van der Waals surface area contributed by atoms with E-state index in [9.17, 15) is 0 Å². The molecule has 0 amide bonds. The number of nitrogens with two attached hydrogens (primary N) is 1. The second-order valence-electron chi connectivity index (χ2n) is 5.85. The predicted molar refractivity (Wildman–Crippen MR) is 96.8 cm³/mol. The number of fused-ring (bicyclic) bond motifs is 1. The molecule has 118 valence electrons. The van der Waals surface area contributed by atoms with Crippen molar-refractivity contribution in [1.82, 2.24) is 5.32 Å². The van der Waals surface area contributed by atoms with Crippen molar-refractivity contribution < 1.29 is 0 Å².